The second-order valence-corrected chi connectivity index (χ2v) is 12.6. The Kier molecular flexibility index (Phi) is 9.36. The maximum absolute atomic E-state index is 13.1. The highest BCUT2D eigenvalue weighted by Crippen LogP contribution is 2.24. The van der Waals surface area contributed by atoms with E-state index >= 15 is 0 Å². The zero-order valence-electron chi connectivity index (χ0n) is 25.7. The molecule has 2 aromatic carbocycles. The fraction of sp³-hybridized carbons (Fsp3) is 0.444. The molecule has 2 amide bonds. The third-order valence-corrected chi connectivity index (χ3v) is 9.47. The van der Waals surface area contributed by atoms with Crippen molar-refractivity contribution in [3.8, 4) is 0 Å². The van der Waals surface area contributed by atoms with Crippen molar-refractivity contribution in [2.75, 3.05) is 44.2 Å². The summed E-state index contributed by atoms with van der Waals surface area (Å²) in [5.74, 6) is -0.217. The lowest BCUT2D eigenvalue weighted by atomic mass is 9.88. The molecular weight excluding hydrogens is 550 g/mol. The van der Waals surface area contributed by atoms with Crippen molar-refractivity contribution in [1.29, 1.82) is 0 Å². The Hall–Kier alpha value is -4.04. The summed E-state index contributed by atoms with van der Waals surface area (Å²) in [6.45, 7) is 8.20. The maximum atomic E-state index is 13.1. The van der Waals surface area contributed by atoms with Gasteiger partial charge in [-0.3, -0.25) is 24.3 Å². The van der Waals surface area contributed by atoms with Crippen molar-refractivity contribution in [2.45, 2.75) is 58.0 Å². The topological polar surface area (TPSA) is 85.8 Å². The van der Waals surface area contributed by atoms with Crippen molar-refractivity contribution in [1.82, 2.24) is 20.1 Å². The summed E-state index contributed by atoms with van der Waals surface area (Å²) < 4.78 is 0. The van der Waals surface area contributed by atoms with E-state index in [1.165, 1.54) is 30.3 Å². The Balaban J connectivity index is 0.933. The van der Waals surface area contributed by atoms with Gasteiger partial charge < -0.3 is 15.1 Å². The number of hydrogen-bond donors (Lipinski definition) is 1. The lowest BCUT2D eigenvalue weighted by Crippen LogP contribution is -2.44. The summed E-state index contributed by atoms with van der Waals surface area (Å²) in [5.41, 5.74) is 5.31. The number of piperidine rings is 2. The largest absolute Gasteiger partial charge is 0.372 e. The summed E-state index contributed by atoms with van der Waals surface area (Å²) in [4.78, 5) is 49.9. The summed E-state index contributed by atoms with van der Waals surface area (Å²) in [5, 5.41) is 3.14. The number of carbonyl (C=O) groups excluding carboxylic acids is 3. The number of nitrogens with zero attached hydrogens (tertiary/aromatic N) is 4. The van der Waals surface area contributed by atoms with Crippen LogP contribution in [0.5, 0.6) is 0 Å². The fourth-order valence-corrected chi connectivity index (χ4v) is 6.68. The molecule has 3 aromatic rings. The minimum atomic E-state index is -0.199. The number of hydrogen-bond acceptors (Lipinski definition) is 6. The van der Waals surface area contributed by atoms with Crippen LogP contribution in [-0.2, 0) is 6.54 Å². The standard InChI is InChI=1S/C36H43N5O3/c1-26-4-8-28(9-5-26)34(42)29-14-22-41(23-15-29)36(44)30-10-13-33(37-24-30)35(43)38-31-16-20-39(21-17-31)25-27-6-11-32(12-7-27)40-18-2-3-19-40/h4-13,24,29,31H,2-3,14-23,25H2,1H3,(H,38,43). The Morgan fingerprint density at radius 2 is 1.43 bits per heavy atom. The second kappa shape index (κ2) is 13.7. The van der Waals surface area contributed by atoms with Crippen LogP contribution in [-0.4, -0.2) is 77.7 Å². The van der Waals surface area contributed by atoms with Gasteiger partial charge in [-0.2, -0.15) is 0 Å². The molecule has 0 bridgehead atoms. The van der Waals surface area contributed by atoms with Crippen molar-refractivity contribution >= 4 is 23.3 Å². The number of rotatable bonds is 8. The zero-order chi connectivity index (χ0) is 30.5. The molecule has 1 aromatic heterocycles. The average Bonchev–Trinajstić information content (AvgIpc) is 3.61. The molecule has 8 heteroatoms. The number of anilines is 1. The van der Waals surface area contributed by atoms with E-state index in [1.54, 1.807) is 17.0 Å². The number of likely N-dealkylation sites (tertiary alicyclic amines) is 2. The number of benzene rings is 2. The molecule has 0 spiro atoms. The average molecular weight is 594 g/mol. The van der Waals surface area contributed by atoms with Crippen LogP contribution < -0.4 is 10.2 Å². The lowest BCUT2D eigenvalue weighted by Gasteiger charge is -2.32. The molecule has 3 aliphatic heterocycles. The minimum Gasteiger partial charge on any atom is -0.372 e. The Labute approximate surface area is 260 Å². The third kappa shape index (κ3) is 7.18. The van der Waals surface area contributed by atoms with Crippen molar-refractivity contribution in [2.24, 2.45) is 5.92 Å². The van der Waals surface area contributed by atoms with Gasteiger partial charge in [-0.25, -0.2) is 0 Å². The van der Waals surface area contributed by atoms with Gasteiger partial charge in [0.05, 0.1) is 5.56 Å². The van der Waals surface area contributed by atoms with E-state index in [0.717, 1.165) is 56.7 Å². The molecule has 0 atom stereocenters. The molecule has 44 heavy (non-hydrogen) atoms. The second-order valence-electron chi connectivity index (χ2n) is 12.6. The molecule has 3 saturated heterocycles. The first-order valence-electron chi connectivity index (χ1n) is 16.2. The zero-order valence-corrected chi connectivity index (χ0v) is 25.7. The van der Waals surface area contributed by atoms with Gasteiger partial charge in [0.15, 0.2) is 5.78 Å². The first-order valence-corrected chi connectivity index (χ1v) is 16.2. The molecule has 3 aliphatic rings. The molecule has 0 unspecified atom stereocenters. The van der Waals surface area contributed by atoms with E-state index in [1.807, 2.05) is 31.2 Å². The molecule has 6 rings (SSSR count). The van der Waals surface area contributed by atoms with Gasteiger partial charge in [-0.15, -0.1) is 0 Å². The number of Topliss-reactive ketones (excluding diaryl/α,β-unsaturated/α-hetero) is 1. The first kappa shape index (κ1) is 30.0. The monoisotopic (exact) mass is 593 g/mol. The predicted octanol–water partition coefficient (Wildman–Crippen LogP) is 5.12. The van der Waals surface area contributed by atoms with Crippen LogP contribution in [0.1, 0.15) is 80.9 Å². The van der Waals surface area contributed by atoms with Crippen LogP contribution in [0, 0.1) is 12.8 Å². The van der Waals surface area contributed by atoms with Gasteiger partial charge in [0.25, 0.3) is 11.8 Å². The molecule has 0 aliphatic carbocycles. The van der Waals surface area contributed by atoms with Crippen molar-refractivity contribution in [3.05, 3.63) is 94.8 Å². The van der Waals surface area contributed by atoms with Gasteiger partial charge in [-0.05, 0) is 75.3 Å². The number of ketones is 1. The normalized spacial score (nSPS) is 18.4. The fourth-order valence-electron chi connectivity index (χ4n) is 6.68. The molecule has 3 fully saturated rings. The van der Waals surface area contributed by atoms with E-state index in [9.17, 15) is 14.4 Å². The van der Waals surface area contributed by atoms with Crippen LogP contribution in [0.25, 0.3) is 0 Å². The summed E-state index contributed by atoms with van der Waals surface area (Å²) in [6, 6.07) is 20.1. The van der Waals surface area contributed by atoms with Gasteiger partial charge in [0.1, 0.15) is 5.69 Å². The molecule has 230 valence electrons. The van der Waals surface area contributed by atoms with E-state index < -0.39 is 0 Å². The van der Waals surface area contributed by atoms with Gasteiger partial charge >= 0.3 is 0 Å². The van der Waals surface area contributed by atoms with Crippen LogP contribution in [0.2, 0.25) is 0 Å². The van der Waals surface area contributed by atoms with Gasteiger partial charge in [0.2, 0.25) is 0 Å². The maximum Gasteiger partial charge on any atom is 0.270 e. The van der Waals surface area contributed by atoms with Crippen LogP contribution in [0.15, 0.2) is 66.9 Å². The smallest absolute Gasteiger partial charge is 0.270 e. The van der Waals surface area contributed by atoms with Gasteiger partial charge in [-0.1, -0.05) is 42.0 Å². The van der Waals surface area contributed by atoms with E-state index in [-0.39, 0.29) is 29.6 Å². The predicted molar refractivity (Wildman–Crippen MR) is 172 cm³/mol. The number of aromatic nitrogens is 1. The first-order chi connectivity index (χ1) is 21.4. The van der Waals surface area contributed by atoms with E-state index in [0.29, 0.717) is 37.2 Å². The Morgan fingerprint density at radius 1 is 0.773 bits per heavy atom. The summed E-state index contributed by atoms with van der Waals surface area (Å²) >= 11 is 0. The number of nitrogens with one attached hydrogen (secondary N) is 1. The third-order valence-electron chi connectivity index (χ3n) is 9.47. The number of pyridine rings is 1. The minimum absolute atomic E-state index is 0.0657. The molecule has 4 heterocycles. The van der Waals surface area contributed by atoms with Crippen molar-refractivity contribution < 1.29 is 14.4 Å². The highest BCUT2D eigenvalue weighted by molar-refractivity contribution is 5.99. The van der Waals surface area contributed by atoms with Crippen LogP contribution >= 0.6 is 0 Å². The molecular formula is C36H43N5O3. The van der Waals surface area contributed by atoms with Crippen molar-refractivity contribution in [3.63, 3.8) is 0 Å². The lowest BCUT2D eigenvalue weighted by molar-refractivity contribution is 0.0649. The van der Waals surface area contributed by atoms with Gasteiger partial charge in [0, 0.05) is 75.2 Å². The van der Waals surface area contributed by atoms with E-state index in [4.69, 9.17) is 0 Å². The number of carbonyl (C=O) groups is 3. The molecule has 0 saturated carbocycles. The number of amides is 2. The Morgan fingerprint density at radius 3 is 2.07 bits per heavy atom. The molecule has 8 nitrogen and oxygen atoms in total. The number of aryl methyl sites for hydroxylation is 1. The highest BCUT2D eigenvalue weighted by atomic mass is 16.2. The Bertz CT molecular complexity index is 1430. The summed E-state index contributed by atoms with van der Waals surface area (Å²) in [7, 11) is 0. The van der Waals surface area contributed by atoms with Crippen LogP contribution in [0.4, 0.5) is 5.69 Å². The summed E-state index contributed by atoms with van der Waals surface area (Å²) in [6.07, 6.45) is 7.17. The SMILES string of the molecule is Cc1ccc(C(=O)C2CCN(C(=O)c3ccc(C(=O)NC4CCN(Cc5ccc(N6CCCC6)cc5)CC4)nc3)CC2)cc1. The van der Waals surface area contributed by atoms with E-state index in [2.05, 4.69) is 44.4 Å². The van der Waals surface area contributed by atoms with Crippen LogP contribution in [0.3, 0.4) is 0 Å². The molecule has 1 N–H and O–H groups in total. The quantitative estimate of drug-likeness (QED) is 0.365. The molecule has 0 radical (unpaired) electrons. The highest BCUT2D eigenvalue weighted by Gasteiger charge is 2.29.